The van der Waals surface area contributed by atoms with E-state index in [9.17, 15) is 0 Å². The van der Waals surface area contributed by atoms with Crippen molar-refractivity contribution in [3.63, 3.8) is 0 Å². The van der Waals surface area contributed by atoms with Crippen molar-refractivity contribution in [2.24, 2.45) is 0 Å². The first-order valence-electron chi connectivity index (χ1n) is 8.07. The zero-order chi connectivity index (χ0) is 15.6. The highest BCUT2D eigenvalue weighted by Crippen LogP contribution is 2.42. The second kappa shape index (κ2) is 6.90. The Morgan fingerprint density at radius 1 is 1.05 bits per heavy atom. The Labute approximate surface area is 126 Å². The molecule has 0 aromatic heterocycles. The summed E-state index contributed by atoms with van der Waals surface area (Å²) < 4.78 is 18.2. The van der Waals surface area contributed by atoms with Crippen LogP contribution in [0.5, 0.6) is 0 Å². The van der Waals surface area contributed by atoms with Crippen LogP contribution in [-0.4, -0.2) is 33.4 Å². The van der Waals surface area contributed by atoms with E-state index in [1.165, 1.54) is 0 Å². The van der Waals surface area contributed by atoms with Gasteiger partial charge in [-0.05, 0) is 36.9 Å². The summed E-state index contributed by atoms with van der Waals surface area (Å²) in [6.07, 6.45) is 1.10. The van der Waals surface area contributed by atoms with Gasteiger partial charge in [-0.2, -0.15) is 0 Å². The molecular formula is C16H34O3Si. The van der Waals surface area contributed by atoms with Gasteiger partial charge in [-0.1, -0.05) is 41.5 Å². The lowest BCUT2D eigenvalue weighted by Gasteiger charge is -2.44. The van der Waals surface area contributed by atoms with Gasteiger partial charge in [-0.25, -0.2) is 0 Å². The molecule has 20 heavy (non-hydrogen) atoms. The lowest BCUT2D eigenvalue weighted by Crippen LogP contribution is -2.50. The predicted octanol–water partition coefficient (Wildman–Crippen LogP) is 4.72. The molecule has 0 saturated carbocycles. The smallest absolute Gasteiger partial charge is 0.200 e. The van der Waals surface area contributed by atoms with Crippen LogP contribution in [0.1, 0.15) is 61.8 Å². The van der Waals surface area contributed by atoms with Crippen molar-refractivity contribution >= 4 is 8.32 Å². The van der Waals surface area contributed by atoms with E-state index < -0.39 is 14.1 Å². The highest BCUT2D eigenvalue weighted by Gasteiger charge is 2.45. The van der Waals surface area contributed by atoms with E-state index >= 15 is 0 Å². The normalized spacial score (nSPS) is 23.9. The zero-order valence-electron chi connectivity index (χ0n) is 14.7. The Balaban J connectivity index is 2.72. The standard InChI is InChI=1S/C16H34O3Si/c1-12(2)20(13(3)4,14(5)6)18-11-15-9-10-17-16(7,8)19-15/h12-15H,9-11H2,1-8H3/t15-/m0/s1. The molecule has 1 aliphatic rings. The highest BCUT2D eigenvalue weighted by molar-refractivity contribution is 6.77. The quantitative estimate of drug-likeness (QED) is 0.664. The van der Waals surface area contributed by atoms with E-state index in [1.54, 1.807) is 0 Å². The maximum Gasteiger partial charge on any atom is 0.200 e. The molecule has 0 aromatic rings. The molecular weight excluding hydrogens is 268 g/mol. The van der Waals surface area contributed by atoms with Gasteiger partial charge in [0.25, 0.3) is 0 Å². The number of rotatable bonds is 6. The lowest BCUT2D eigenvalue weighted by molar-refractivity contribution is -0.277. The largest absolute Gasteiger partial charge is 0.413 e. The minimum absolute atomic E-state index is 0.168. The monoisotopic (exact) mass is 302 g/mol. The van der Waals surface area contributed by atoms with Crippen LogP contribution < -0.4 is 0 Å². The molecule has 0 unspecified atom stereocenters. The Morgan fingerprint density at radius 3 is 1.95 bits per heavy atom. The number of hydrogen-bond donors (Lipinski definition) is 0. The van der Waals surface area contributed by atoms with Gasteiger partial charge in [-0.3, -0.25) is 0 Å². The topological polar surface area (TPSA) is 27.7 Å². The van der Waals surface area contributed by atoms with E-state index in [0.29, 0.717) is 23.2 Å². The molecule has 1 rings (SSSR count). The van der Waals surface area contributed by atoms with Gasteiger partial charge in [0, 0.05) is 0 Å². The summed E-state index contributed by atoms with van der Waals surface area (Å²) in [5.41, 5.74) is 1.86. The van der Waals surface area contributed by atoms with Gasteiger partial charge in [0.15, 0.2) is 14.1 Å². The molecule has 0 radical (unpaired) electrons. The summed E-state index contributed by atoms with van der Waals surface area (Å²) in [5, 5.41) is 0. The Bertz CT molecular complexity index is 278. The van der Waals surface area contributed by atoms with E-state index in [4.69, 9.17) is 13.9 Å². The minimum atomic E-state index is -1.78. The van der Waals surface area contributed by atoms with E-state index in [1.807, 2.05) is 13.8 Å². The number of hydrogen-bond acceptors (Lipinski definition) is 3. The third kappa shape index (κ3) is 4.06. The summed E-state index contributed by atoms with van der Waals surface area (Å²) >= 11 is 0. The lowest BCUT2D eigenvalue weighted by atomic mass is 10.2. The van der Waals surface area contributed by atoms with Crippen molar-refractivity contribution < 1.29 is 13.9 Å². The molecule has 0 aliphatic carbocycles. The van der Waals surface area contributed by atoms with Crippen LogP contribution in [0.15, 0.2) is 0 Å². The van der Waals surface area contributed by atoms with Crippen molar-refractivity contribution in [1.29, 1.82) is 0 Å². The van der Waals surface area contributed by atoms with Crippen molar-refractivity contribution in [3.8, 4) is 0 Å². The summed E-state index contributed by atoms with van der Waals surface area (Å²) in [5.74, 6) is -0.468. The molecule has 0 spiro atoms. The Morgan fingerprint density at radius 2 is 1.55 bits per heavy atom. The van der Waals surface area contributed by atoms with Crippen LogP contribution in [0, 0.1) is 0 Å². The number of ether oxygens (including phenoxy) is 2. The first kappa shape index (κ1) is 18.1. The molecule has 4 heteroatoms. The zero-order valence-corrected chi connectivity index (χ0v) is 15.7. The first-order chi connectivity index (χ1) is 9.12. The molecule has 0 amide bonds. The SMILES string of the molecule is CC(C)[Si](OC[C@@H]1CCOC(C)(C)O1)(C(C)C)C(C)C. The molecule has 1 saturated heterocycles. The summed E-state index contributed by atoms with van der Waals surface area (Å²) in [6, 6.07) is 0. The summed E-state index contributed by atoms with van der Waals surface area (Å²) in [6.45, 7) is 19.4. The van der Waals surface area contributed by atoms with Gasteiger partial charge < -0.3 is 13.9 Å². The minimum Gasteiger partial charge on any atom is -0.413 e. The third-order valence-corrected chi connectivity index (χ3v) is 10.6. The van der Waals surface area contributed by atoms with Crippen molar-refractivity contribution in [1.82, 2.24) is 0 Å². The van der Waals surface area contributed by atoms with Gasteiger partial charge in [0.2, 0.25) is 0 Å². The fourth-order valence-corrected chi connectivity index (χ4v) is 9.26. The highest BCUT2D eigenvalue weighted by atomic mass is 28.4. The van der Waals surface area contributed by atoms with Crippen LogP contribution in [0.25, 0.3) is 0 Å². The van der Waals surface area contributed by atoms with Gasteiger partial charge in [-0.15, -0.1) is 0 Å². The Hall–Kier alpha value is 0.0969. The van der Waals surface area contributed by atoms with Crippen LogP contribution >= 0.6 is 0 Å². The van der Waals surface area contributed by atoms with Gasteiger partial charge in [0.05, 0.1) is 19.3 Å². The average Bonchev–Trinajstić information content (AvgIpc) is 2.26. The van der Waals surface area contributed by atoms with Crippen LogP contribution in [-0.2, 0) is 13.9 Å². The maximum absolute atomic E-state index is 6.61. The molecule has 1 heterocycles. The molecule has 0 bridgehead atoms. The molecule has 0 aromatic carbocycles. The predicted molar refractivity (Wildman–Crippen MR) is 86.5 cm³/mol. The summed E-state index contributed by atoms with van der Waals surface area (Å²) in [4.78, 5) is 0. The van der Waals surface area contributed by atoms with Crippen molar-refractivity contribution in [2.45, 2.75) is 90.3 Å². The summed E-state index contributed by atoms with van der Waals surface area (Å²) in [7, 11) is -1.78. The van der Waals surface area contributed by atoms with E-state index in [-0.39, 0.29) is 6.10 Å². The second-order valence-corrected chi connectivity index (χ2v) is 12.9. The van der Waals surface area contributed by atoms with Crippen LogP contribution in [0.3, 0.4) is 0 Å². The van der Waals surface area contributed by atoms with Gasteiger partial charge in [0.1, 0.15) is 0 Å². The van der Waals surface area contributed by atoms with E-state index in [2.05, 4.69) is 41.5 Å². The third-order valence-electron chi connectivity index (χ3n) is 4.57. The Kier molecular flexibility index (Phi) is 6.26. The molecule has 1 fully saturated rings. The van der Waals surface area contributed by atoms with E-state index in [0.717, 1.165) is 13.0 Å². The van der Waals surface area contributed by atoms with Crippen molar-refractivity contribution in [3.05, 3.63) is 0 Å². The fraction of sp³-hybridized carbons (Fsp3) is 1.00. The molecule has 0 N–H and O–H groups in total. The second-order valence-electron chi connectivity index (χ2n) is 7.41. The van der Waals surface area contributed by atoms with Gasteiger partial charge >= 0.3 is 0 Å². The van der Waals surface area contributed by atoms with Crippen LogP contribution in [0.4, 0.5) is 0 Å². The fourth-order valence-electron chi connectivity index (χ4n) is 3.79. The molecule has 3 nitrogen and oxygen atoms in total. The molecule has 120 valence electrons. The maximum atomic E-state index is 6.61. The van der Waals surface area contributed by atoms with Crippen molar-refractivity contribution in [2.75, 3.05) is 13.2 Å². The van der Waals surface area contributed by atoms with Crippen LogP contribution in [0.2, 0.25) is 16.6 Å². The molecule has 1 aliphatic heterocycles. The first-order valence-corrected chi connectivity index (χ1v) is 10.2. The molecule has 1 atom stereocenters. The average molecular weight is 303 g/mol.